The summed E-state index contributed by atoms with van der Waals surface area (Å²) in [6.07, 6.45) is 1.13. The summed E-state index contributed by atoms with van der Waals surface area (Å²) in [6, 6.07) is 3.98. The number of nitrogens with one attached hydrogen (secondary N) is 1. The zero-order chi connectivity index (χ0) is 10.1. The highest BCUT2D eigenvalue weighted by Crippen LogP contribution is 2.15. The van der Waals surface area contributed by atoms with E-state index in [1.165, 1.54) is 18.2 Å². The Bertz CT molecular complexity index is 561. The van der Waals surface area contributed by atoms with Crippen LogP contribution in [0.1, 0.15) is 0 Å². The first kappa shape index (κ1) is 8.36. The van der Waals surface area contributed by atoms with Crippen LogP contribution >= 0.6 is 0 Å². The van der Waals surface area contributed by atoms with Gasteiger partial charge in [0.05, 0.1) is 16.6 Å². The van der Waals surface area contributed by atoms with Gasteiger partial charge in [-0.05, 0) is 6.07 Å². The monoisotopic (exact) mass is 191 g/mol. The zero-order valence-corrected chi connectivity index (χ0v) is 6.93. The molecular weight excluding hydrogens is 186 g/mol. The first-order valence-electron chi connectivity index (χ1n) is 3.80. The molecule has 0 unspecified atom stereocenters. The smallest absolute Gasteiger partial charge is 0.271 e. The maximum Gasteiger partial charge on any atom is 0.271 e. The van der Waals surface area contributed by atoms with Gasteiger partial charge >= 0.3 is 0 Å². The van der Waals surface area contributed by atoms with Crippen molar-refractivity contribution in [3.63, 3.8) is 0 Å². The molecule has 2 rings (SSSR count). The molecule has 0 aliphatic heterocycles. The lowest BCUT2D eigenvalue weighted by atomic mass is 10.2. The number of H-pyrrole nitrogens is 1. The van der Waals surface area contributed by atoms with Crippen molar-refractivity contribution in [3.8, 4) is 0 Å². The van der Waals surface area contributed by atoms with E-state index >= 15 is 0 Å². The molecule has 0 amide bonds. The van der Waals surface area contributed by atoms with E-state index in [9.17, 15) is 14.9 Å². The second-order valence-corrected chi connectivity index (χ2v) is 2.72. The lowest BCUT2D eigenvalue weighted by Crippen LogP contribution is -2.03. The molecular formula is C8H5N3O3. The highest BCUT2D eigenvalue weighted by molar-refractivity contribution is 5.79. The molecule has 0 spiro atoms. The molecule has 70 valence electrons. The number of nitro benzene ring substituents is 1. The summed E-state index contributed by atoms with van der Waals surface area (Å²) in [5, 5.41) is 16.9. The molecule has 0 atom stereocenters. The number of aromatic nitrogens is 2. The molecule has 14 heavy (non-hydrogen) atoms. The maximum atomic E-state index is 11.2. The van der Waals surface area contributed by atoms with E-state index in [4.69, 9.17) is 0 Å². The van der Waals surface area contributed by atoms with Gasteiger partial charge < -0.3 is 0 Å². The Labute approximate surface area is 77.3 Å². The number of hydrogen-bond acceptors (Lipinski definition) is 4. The van der Waals surface area contributed by atoms with Crippen molar-refractivity contribution in [2.24, 2.45) is 0 Å². The van der Waals surface area contributed by atoms with Crippen molar-refractivity contribution < 1.29 is 4.92 Å². The van der Waals surface area contributed by atoms with Gasteiger partial charge in [0.2, 0.25) is 5.43 Å². The minimum absolute atomic E-state index is 0.0684. The van der Waals surface area contributed by atoms with Crippen LogP contribution in [0.3, 0.4) is 0 Å². The number of benzene rings is 1. The third kappa shape index (κ3) is 1.22. The Kier molecular flexibility index (Phi) is 1.74. The van der Waals surface area contributed by atoms with Gasteiger partial charge in [-0.2, -0.15) is 5.10 Å². The quantitative estimate of drug-likeness (QED) is 0.534. The van der Waals surface area contributed by atoms with Gasteiger partial charge in [-0.25, -0.2) is 0 Å². The van der Waals surface area contributed by atoms with Crippen molar-refractivity contribution in [3.05, 3.63) is 44.7 Å². The van der Waals surface area contributed by atoms with Crippen molar-refractivity contribution in [1.82, 2.24) is 10.2 Å². The number of hydrogen-bond donors (Lipinski definition) is 1. The zero-order valence-electron chi connectivity index (χ0n) is 6.93. The fourth-order valence-electron chi connectivity index (χ4n) is 1.18. The maximum absolute atomic E-state index is 11.2. The first-order valence-corrected chi connectivity index (χ1v) is 3.80. The summed E-state index contributed by atoms with van der Waals surface area (Å²) >= 11 is 0. The van der Waals surface area contributed by atoms with E-state index in [2.05, 4.69) is 10.2 Å². The minimum Gasteiger partial charge on any atom is -0.287 e. The van der Waals surface area contributed by atoms with E-state index in [1.807, 2.05) is 0 Å². The average molecular weight is 191 g/mol. The summed E-state index contributed by atoms with van der Waals surface area (Å²) < 4.78 is 0. The van der Waals surface area contributed by atoms with Gasteiger partial charge in [-0.15, -0.1) is 0 Å². The lowest BCUT2D eigenvalue weighted by Gasteiger charge is -1.95. The van der Waals surface area contributed by atoms with Crippen LogP contribution in [-0.4, -0.2) is 15.1 Å². The Morgan fingerprint density at radius 1 is 1.43 bits per heavy atom. The van der Waals surface area contributed by atoms with E-state index < -0.39 is 4.92 Å². The molecule has 6 nitrogen and oxygen atoms in total. The van der Waals surface area contributed by atoms with E-state index in [0.717, 1.165) is 6.20 Å². The molecule has 0 saturated carbocycles. The highest BCUT2D eigenvalue weighted by atomic mass is 16.6. The van der Waals surface area contributed by atoms with Crippen LogP contribution in [0.15, 0.2) is 29.2 Å². The van der Waals surface area contributed by atoms with Crippen molar-refractivity contribution in [2.75, 3.05) is 0 Å². The number of non-ortho nitro benzene ring substituents is 1. The molecule has 0 aliphatic rings. The summed E-state index contributed by atoms with van der Waals surface area (Å²) in [6.45, 7) is 0. The lowest BCUT2D eigenvalue weighted by molar-refractivity contribution is -0.384. The largest absolute Gasteiger partial charge is 0.287 e. The second kappa shape index (κ2) is 2.91. The molecule has 2 aromatic rings. The van der Waals surface area contributed by atoms with Crippen LogP contribution in [0.4, 0.5) is 5.69 Å². The van der Waals surface area contributed by atoms with Crippen LogP contribution < -0.4 is 5.43 Å². The number of fused-ring (bicyclic) bond motifs is 1. The molecule has 0 fully saturated rings. The summed E-state index contributed by atoms with van der Waals surface area (Å²) in [5.41, 5.74) is 0.0431. The van der Waals surface area contributed by atoms with Crippen molar-refractivity contribution in [1.29, 1.82) is 0 Å². The molecule has 0 bridgehead atoms. The molecule has 1 aromatic carbocycles. The van der Waals surface area contributed by atoms with E-state index in [1.54, 1.807) is 0 Å². The fraction of sp³-hybridized carbons (Fsp3) is 0. The minimum atomic E-state index is -0.523. The van der Waals surface area contributed by atoms with Gasteiger partial charge in [0.1, 0.15) is 0 Å². The van der Waals surface area contributed by atoms with Crippen LogP contribution in [0.5, 0.6) is 0 Å². The fourth-order valence-corrected chi connectivity index (χ4v) is 1.18. The summed E-state index contributed by atoms with van der Waals surface area (Å²) in [5.74, 6) is 0. The number of nitro groups is 1. The number of nitrogens with zero attached hydrogens (tertiary/aromatic N) is 2. The molecule has 1 N–H and O–H groups in total. The van der Waals surface area contributed by atoms with Crippen LogP contribution in [0, 0.1) is 10.1 Å². The van der Waals surface area contributed by atoms with Gasteiger partial charge in [0.25, 0.3) is 5.69 Å². The summed E-state index contributed by atoms with van der Waals surface area (Å²) in [7, 11) is 0. The molecule has 1 aromatic heterocycles. The van der Waals surface area contributed by atoms with E-state index in [-0.39, 0.29) is 11.1 Å². The third-order valence-electron chi connectivity index (χ3n) is 1.85. The van der Waals surface area contributed by atoms with Crippen molar-refractivity contribution >= 4 is 16.6 Å². The Hall–Kier alpha value is -2.24. The summed E-state index contributed by atoms with van der Waals surface area (Å²) in [4.78, 5) is 21.1. The predicted octanol–water partition coefficient (Wildman–Crippen LogP) is 0.831. The molecule has 1 heterocycles. The normalized spacial score (nSPS) is 10.3. The SMILES string of the molecule is O=c1cn[nH]c2cc([N+](=O)[O-])ccc12. The van der Waals surface area contributed by atoms with Crippen molar-refractivity contribution in [2.45, 2.75) is 0 Å². The average Bonchev–Trinajstić information content (AvgIpc) is 2.17. The van der Waals surface area contributed by atoms with E-state index in [0.29, 0.717) is 10.9 Å². The Balaban J connectivity index is 2.80. The molecule has 0 aliphatic carbocycles. The van der Waals surface area contributed by atoms with Gasteiger partial charge in [0.15, 0.2) is 0 Å². The molecule has 0 radical (unpaired) electrons. The van der Waals surface area contributed by atoms with Crippen LogP contribution in [0.2, 0.25) is 0 Å². The topological polar surface area (TPSA) is 88.9 Å². The first-order chi connectivity index (χ1) is 6.68. The number of aromatic amines is 1. The number of rotatable bonds is 1. The van der Waals surface area contributed by atoms with Gasteiger partial charge in [0, 0.05) is 17.5 Å². The Morgan fingerprint density at radius 3 is 2.93 bits per heavy atom. The van der Waals surface area contributed by atoms with Gasteiger partial charge in [-0.1, -0.05) is 0 Å². The molecule has 6 heteroatoms. The third-order valence-corrected chi connectivity index (χ3v) is 1.85. The predicted molar refractivity (Wildman–Crippen MR) is 49.0 cm³/mol. The molecule has 0 saturated heterocycles. The van der Waals surface area contributed by atoms with Crippen LogP contribution in [0.25, 0.3) is 10.9 Å². The van der Waals surface area contributed by atoms with Crippen LogP contribution in [-0.2, 0) is 0 Å². The highest BCUT2D eigenvalue weighted by Gasteiger charge is 2.07. The van der Waals surface area contributed by atoms with Gasteiger partial charge in [-0.3, -0.25) is 20.0 Å². The Morgan fingerprint density at radius 2 is 2.21 bits per heavy atom. The standard InChI is InChI=1S/C8H5N3O3/c12-8-4-9-10-7-3-5(11(13)14)1-2-6(7)8/h1-4H,(H,10,12). The second-order valence-electron chi connectivity index (χ2n) is 2.72.